The molecule has 1 aliphatic rings. The van der Waals surface area contributed by atoms with E-state index >= 15 is 0 Å². The molecule has 1 aliphatic heterocycles. The fourth-order valence-electron chi connectivity index (χ4n) is 2.46. The first-order chi connectivity index (χ1) is 9.65. The van der Waals surface area contributed by atoms with Gasteiger partial charge in [0.2, 0.25) is 5.69 Å². The second kappa shape index (κ2) is 4.72. The Labute approximate surface area is 114 Å². The first kappa shape index (κ1) is 12.8. The number of nitrogens with zero attached hydrogens (tertiary/aromatic N) is 4. The second-order valence-corrected chi connectivity index (χ2v) is 4.63. The number of nitrogens with two attached hydrogens (primary N) is 1. The lowest BCUT2D eigenvalue weighted by Crippen LogP contribution is -2.19. The number of aromatic nitrogens is 3. The van der Waals surface area contributed by atoms with Gasteiger partial charge < -0.3 is 25.3 Å². The van der Waals surface area contributed by atoms with Gasteiger partial charge in [-0.05, 0) is 0 Å². The van der Waals surface area contributed by atoms with E-state index in [1.54, 1.807) is 4.57 Å². The van der Waals surface area contributed by atoms with Gasteiger partial charge in [0.05, 0.1) is 24.7 Å². The summed E-state index contributed by atoms with van der Waals surface area (Å²) in [5.74, 6) is 0.214. The molecule has 3 rings (SSSR count). The molecule has 104 valence electrons. The topological polar surface area (TPSA) is 111 Å². The molecule has 8 heteroatoms. The lowest BCUT2D eigenvalue weighted by atomic mass is 10.2. The monoisotopic (exact) mass is 275 g/mol. The minimum Gasteiger partial charge on any atom is -0.394 e. The second-order valence-electron chi connectivity index (χ2n) is 4.63. The third-order valence-corrected chi connectivity index (χ3v) is 3.38. The number of hydrogen-bond donors (Lipinski definition) is 3. The number of aliphatic hydroxyl groups is 2. The van der Waals surface area contributed by atoms with E-state index in [2.05, 4.69) is 14.8 Å². The predicted molar refractivity (Wildman–Crippen MR) is 69.8 cm³/mol. The first-order valence-corrected chi connectivity index (χ1v) is 6.08. The van der Waals surface area contributed by atoms with E-state index in [0.29, 0.717) is 23.1 Å². The fraction of sp³-hybridized carbons (Fsp3) is 0.417. The van der Waals surface area contributed by atoms with Gasteiger partial charge in [-0.3, -0.25) is 0 Å². The number of fused-ring (bicyclic) bond motifs is 1. The molecule has 1 fully saturated rings. The van der Waals surface area contributed by atoms with E-state index in [1.807, 2.05) is 0 Å². The molecule has 0 amide bonds. The number of rotatable bonds is 2. The van der Waals surface area contributed by atoms with E-state index in [-0.39, 0.29) is 12.4 Å². The Morgan fingerprint density at radius 2 is 2.35 bits per heavy atom. The molecule has 3 unspecified atom stereocenters. The zero-order valence-corrected chi connectivity index (χ0v) is 10.5. The molecule has 2 aromatic heterocycles. The molecule has 1 saturated heterocycles. The quantitative estimate of drug-likeness (QED) is 0.675. The first-order valence-electron chi connectivity index (χ1n) is 6.08. The minimum atomic E-state index is -0.780. The van der Waals surface area contributed by atoms with Crippen LogP contribution in [-0.2, 0) is 4.74 Å². The van der Waals surface area contributed by atoms with Gasteiger partial charge in [-0.25, -0.2) is 14.8 Å². The highest BCUT2D eigenvalue weighted by molar-refractivity contribution is 5.98. The summed E-state index contributed by atoms with van der Waals surface area (Å²) in [6.07, 6.45) is 1.26. The van der Waals surface area contributed by atoms with E-state index in [4.69, 9.17) is 22.1 Å². The van der Waals surface area contributed by atoms with E-state index in [0.717, 1.165) is 0 Å². The van der Waals surface area contributed by atoms with Crippen LogP contribution in [0.2, 0.25) is 0 Å². The average molecular weight is 275 g/mol. The lowest BCUT2D eigenvalue weighted by Gasteiger charge is -2.17. The van der Waals surface area contributed by atoms with Crippen molar-refractivity contribution in [1.29, 1.82) is 0 Å². The summed E-state index contributed by atoms with van der Waals surface area (Å²) >= 11 is 0. The zero-order chi connectivity index (χ0) is 14.3. The minimum absolute atomic E-state index is 0.167. The third-order valence-electron chi connectivity index (χ3n) is 3.38. The van der Waals surface area contributed by atoms with Gasteiger partial charge in [-0.2, -0.15) is 0 Å². The summed E-state index contributed by atoms with van der Waals surface area (Å²) in [4.78, 5) is 11.4. The molecule has 2 aromatic rings. The molecule has 0 bridgehead atoms. The van der Waals surface area contributed by atoms with Crippen LogP contribution in [0.25, 0.3) is 15.9 Å². The van der Waals surface area contributed by atoms with Crippen LogP contribution in [0.5, 0.6) is 0 Å². The SMILES string of the molecule is [C-]#[N+]c1cn(C2OC(CO)CC2O)c2ncnc(N)c12. The molecule has 0 saturated carbocycles. The van der Waals surface area contributed by atoms with Crippen molar-refractivity contribution in [3.8, 4) is 0 Å². The summed E-state index contributed by atoms with van der Waals surface area (Å²) in [7, 11) is 0. The van der Waals surface area contributed by atoms with E-state index in [9.17, 15) is 5.11 Å². The Bertz CT molecular complexity index is 692. The number of aliphatic hydroxyl groups excluding tert-OH is 2. The van der Waals surface area contributed by atoms with Crippen LogP contribution in [0.4, 0.5) is 11.5 Å². The molecular formula is C12H13N5O3. The molecule has 0 aliphatic carbocycles. The molecule has 0 radical (unpaired) electrons. The van der Waals surface area contributed by atoms with Crippen LogP contribution in [-0.4, -0.2) is 43.6 Å². The molecule has 20 heavy (non-hydrogen) atoms. The van der Waals surface area contributed by atoms with Crippen molar-refractivity contribution in [2.75, 3.05) is 12.3 Å². The van der Waals surface area contributed by atoms with Gasteiger partial charge in [0, 0.05) is 12.6 Å². The lowest BCUT2D eigenvalue weighted by molar-refractivity contribution is -0.0483. The van der Waals surface area contributed by atoms with Crippen molar-refractivity contribution < 1.29 is 14.9 Å². The summed E-state index contributed by atoms with van der Waals surface area (Å²) in [5.41, 5.74) is 6.52. The smallest absolute Gasteiger partial charge is 0.217 e. The van der Waals surface area contributed by atoms with Crippen molar-refractivity contribution in [3.63, 3.8) is 0 Å². The highest BCUT2D eigenvalue weighted by Crippen LogP contribution is 2.37. The van der Waals surface area contributed by atoms with Crippen LogP contribution in [0.1, 0.15) is 12.6 Å². The van der Waals surface area contributed by atoms with Gasteiger partial charge in [0.1, 0.15) is 23.9 Å². The average Bonchev–Trinajstić information content (AvgIpc) is 3.00. The summed E-state index contributed by atoms with van der Waals surface area (Å²) in [6, 6.07) is 0. The molecular weight excluding hydrogens is 262 g/mol. The molecule has 0 spiro atoms. The van der Waals surface area contributed by atoms with Gasteiger partial charge in [-0.15, -0.1) is 0 Å². The highest BCUT2D eigenvalue weighted by atomic mass is 16.5. The van der Waals surface area contributed by atoms with Crippen molar-refractivity contribution in [2.24, 2.45) is 0 Å². The number of hydrogen-bond acceptors (Lipinski definition) is 6. The molecule has 3 heterocycles. The van der Waals surface area contributed by atoms with Crippen LogP contribution in [0, 0.1) is 6.57 Å². The molecule has 4 N–H and O–H groups in total. The fourth-order valence-corrected chi connectivity index (χ4v) is 2.46. The molecule has 8 nitrogen and oxygen atoms in total. The highest BCUT2D eigenvalue weighted by Gasteiger charge is 2.36. The maximum atomic E-state index is 10.0. The number of nitrogen functional groups attached to an aromatic ring is 1. The maximum Gasteiger partial charge on any atom is 0.217 e. The van der Waals surface area contributed by atoms with Crippen LogP contribution in [0.15, 0.2) is 12.5 Å². The van der Waals surface area contributed by atoms with Crippen molar-refractivity contribution >= 4 is 22.5 Å². The Morgan fingerprint density at radius 1 is 1.55 bits per heavy atom. The number of anilines is 1. The van der Waals surface area contributed by atoms with Crippen molar-refractivity contribution in [1.82, 2.24) is 14.5 Å². The van der Waals surface area contributed by atoms with Gasteiger partial charge in [0.25, 0.3) is 0 Å². The largest absolute Gasteiger partial charge is 0.394 e. The zero-order valence-electron chi connectivity index (χ0n) is 10.5. The normalized spacial score (nSPS) is 25.9. The standard InChI is InChI=1S/C12H13N5O3/c1-14-7-3-17(11-9(7)10(13)15-5-16-11)12-8(19)2-6(4-18)20-12/h3,5-6,8,12,18-19H,2,4H2,(H2,13,15,16). The Morgan fingerprint density at radius 3 is 3.00 bits per heavy atom. The van der Waals surface area contributed by atoms with Crippen molar-refractivity contribution in [2.45, 2.75) is 24.9 Å². The van der Waals surface area contributed by atoms with Gasteiger partial charge >= 0.3 is 0 Å². The van der Waals surface area contributed by atoms with Crippen LogP contribution in [0.3, 0.4) is 0 Å². The predicted octanol–water partition coefficient (Wildman–Crippen LogP) is 0.205. The summed E-state index contributed by atoms with van der Waals surface area (Å²) in [5, 5.41) is 19.6. The van der Waals surface area contributed by atoms with E-state index < -0.39 is 18.4 Å². The Balaban J connectivity index is 2.14. The third kappa shape index (κ3) is 1.80. The van der Waals surface area contributed by atoms with Crippen LogP contribution >= 0.6 is 0 Å². The van der Waals surface area contributed by atoms with E-state index in [1.165, 1.54) is 12.5 Å². The van der Waals surface area contributed by atoms with Gasteiger partial charge in [-0.1, -0.05) is 0 Å². The maximum absolute atomic E-state index is 10.0. The summed E-state index contributed by atoms with van der Waals surface area (Å²) in [6.45, 7) is 7.02. The Kier molecular flexibility index (Phi) is 3.02. The number of ether oxygens (including phenoxy) is 1. The van der Waals surface area contributed by atoms with Crippen molar-refractivity contribution in [3.05, 3.63) is 23.9 Å². The van der Waals surface area contributed by atoms with Crippen LogP contribution < -0.4 is 5.73 Å². The summed E-state index contributed by atoms with van der Waals surface area (Å²) < 4.78 is 7.14. The molecule has 0 aromatic carbocycles. The Hall–Kier alpha value is -2.21. The molecule has 3 atom stereocenters. The van der Waals surface area contributed by atoms with Gasteiger partial charge in [0.15, 0.2) is 6.23 Å².